The van der Waals surface area contributed by atoms with Crippen molar-refractivity contribution >= 4 is 17.6 Å². The third-order valence-corrected chi connectivity index (χ3v) is 3.24. The average Bonchev–Trinajstić information content (AvgIpc) is 2.96. The van der Waals surface area contributed by atoms with E-state index in [0.717, 1.165) is 0 Å². The molecule has 2 N–H and O–H groups in total. The van der Waals surface area contributed by atoms with Gasteiger partial charge in [0, 0.05) is 17.0 Å². The molecule has 0 radical (unpaired) electrons. The zero-order valence-corrected chi connectivity index (χ0v) is 13.5. The largest absolute Gasteiger partial charge is 0.497 e. The molecule has 0 unspecified atom stereocenters. The van der Waals surface area contributed by atoms with Crippen LogP contribution >= 0.6 is 0 Å². The predicted molar refractivity (Wildman–Crippen MR) is 85.7 cm³/mol. The highest BCUT2D eigenvalue weighted by atomic mass is 16.5. The Labute approximate surface area is 134 Å². The van der Waals surface area contributed by atoms with Crippen LogP contribution < -0.4 is 10.1 Å². The van der Waals surface area contributed by atoms with E-state index >= 15 is 0 Å². The maximum absolute atomic E-state index is 12.3. The molecule has 0 fully saturated rings. The third-order valence-electron chi connectivity index (χ3n) is 3.24. The summed E-state index contributed by atoms with van der Waals surface area (Å²) in [5, 5.41) is 11.8. The number of methoxy groups -OCH3 is 1. The molecule has 122 valence electrons. The molecule has 0 atom stereocenters. The molecule has 6 nitrogen and oxygen atoms in total. The monoisotopic (exact) mass is 317 g/mol. The van der Waals surface area contributed by atoms with Crippen molar-refractivity contribution in [3.8, 4) is 17.1 Å². The summed E-state index contributed by atoms with van der Waals surface area (Å²) in [6.07, 6.45) is 0. The first kappa shape index (κ1) is 16.6. The zero-order chi connectivity index (χ0) is 17.2. The summed E-state index contributed by atoms with van der Waals surface area (Å²) in [6, 6.07) is 8.02. The molecule has 0 bridgehead atoms. The fraction of sp³-hybridized carbons (Fsp3) is 0.294. The molecule has 23 heavy (non-hydrogen) atoms. The van der Waals surface area contributed by atoms with Crippen LogP contribution in [0.5, 0.6) is 5.75 Å². The van der Waals surface area contributed by atoms with Gasteiger partial charge in [-0.3, -0.25) is 4.79 Å². The molecule has 0 saturated carbocycles. The molecular formula is C17H19NO5. The van der Waals surface area contributed by atoms with Crippen LogP contribution in [-0.4, -0.2) is 24.1 Å². The van der Waals surface area contributed by atoms with Gasteiger partial charge in [-0.15, -0.1) is 0 Å². The fourth-order valence-electron chi connectivity index (χ4n) is 1.88. The number of carboxylic acid groups (broad SMARTS) is 1. The highest BCUT2D eigenvalue weighted by Crippen LogP contribution is 2.33. The maximum atomic E-state index is 12.3. The third kappa shape index (κ3) is 3.71. The van der Waals surface area contributed by atoms with E-state index in [2.05, 4.69) is 5.32 Å². The van der Waals surface area contributed by atoms with E-state index < -0.39 is 11.4 Å². The smallest absolute Gasteiger partial charge is 0.371 e. The number of furan rings is 1. The van der Waals surface area contributed by atoms with E-state index in [1.165, 1.54) is 13.2 Å². The first-order chi connectivity index (χ1) is 10.7. The molecule has 1 aromatic heterocycles. The molecule has 0 aliphatic carbocycles. The number of carboxylic acids is 1. The number of carbonyl (C=O) groups excluding carboxylic acids is 1. The number of anilines is 1. The van der Waals surface area contributed by atoms with Crippen LogP contribution in [0.15, 0.2) is 34.7 Å². The SMILES string of the molecule is COc1ccc(-c2ccc(C(=O)O)o2)c(NC(=O)C(C)(C)C)c1. The van der Waals surface area contributed by atoms with Gasteiger partial charge in [0.1, 0.15) is 11.5 Å². The number of amides is 1. The van der Waals surface area contributed by atoms with Crippen LogP contribution in [-0.2, 0) is 4.79 Å². The Morgan fingerprint density at radius 2 is 1.87 bits per heavy atom. The van der Waals surface area contributed by atoms with Crippen molar-refractivity contribution in [3.05, 3.63) is 36.1 Å². The fourth-order valence-corrected chi connectivity index (χ4v) is 1.88. The molecule has 2 rings (SSSR count). The van der Waals surface area contributed by atoms with Crippen LogP contribution in [0.2, 0.25) is 0 Å². The Morgan fingerprint density at radius 1 is 1.17 bits per heavy atom. The minimum absolute atomic E-state index is 0.163. The number of hydrogen-bond acceptors (Lipinski definition) is 4. The first-order valence-corrected chi connectivity index (χ1v) is 7.05. The van der Waals surface area contributed by atoms with Crippen molar-refractivity contribution in [3.63, 3.8) is 0 Å². The second kappa shape index (κ2) is 6.16. The minimum Gasteiger partial charge on any atom is -0.497 e. The second-order valence-corrected chi connectivity index (χ2v) is 6.08. The van der Waals surface area contributed by atoms with Crippen molar-refractivity contribution in [1.82, 2.24) is 0 Å². The summed E-state index contributed by atoms with van der Waals surface area (Å²) in [6.45, 7) is 5.41. The Balaban J connectivity index is 2.46. The van der Waals surface area contributed by atoms with Crippen molar-refractivity contribution in [2.45, 2.75) is 20.8 Å². The number of nitrogens with one attached hydrogen (secondary N) is 1. The Hall–Kier alpha value is -2.76. The zero-order valence-electron chi connectivity index (χ0n) is 13.5. The van der Waals surface area contributed by atoms with Gasteiger partial charge in [-0.25, -0.2) is 4.79 Å². The van der Waals surface area contributed by atoms with Gasteiger partial charge in [0.25, 0.3) is 0 Å². The minimum atomic E-state index is -1.15. The Bertz CT molecular complexity index is 740. The average molecular weight is 317 g/mol. The highest BCUT2D eigenvalue weighted by molar-refractivity contribution is 5.98. The van der Waals surface area contributed by atoms with E-state index in [4.69, 9.17) is 14.3 Å². The lowest BCUT2D eigenvalue weighted by atomic mass is 9.95. The van der Waals surface area contributed by atoms with Crippen molar-refractivity contribution < 1.29 is 23.8 Å². The van der Waals surface area contributed by atoms with Gasteiger partial charge in [-0.2, -0.15) is 0 Å². The van der Waals surface area contributed by atoms with E-state index in [0.29, 0.717) is 22.8 Å². The lowest BCUT2D eigenvalue weighted by Gasteiger charge is -2.19. The summed E-state index contributed by atoms with van der Waals surface area (Å²) in [5.74, 6) is -0.553. The van der Waals surface area contributed by atoms with Gasteiger partial charge in [0.15, 0.2) is 0 Å². The van der Waals surface area contributed by atoms with Crippen LogP contribution in [0, 0.1) is 5.41 Å². The lowest BCUT2D eigenvalue weighted by molar-refractivity contribution is -0.123. The quantitative estimate of drug-likeness (QED) is 0.898. The standard InChI is InChI=1S/C17H19NO5/c1-17(2,3)16(21)18-12-9-10(22-4)5-6-11(12)13-7-8-14(23-13)15(19)20/h5-9H,1-4H3,(H,18,21)(H,19,20). The molecule has 0 aliphatic rings. The summed E-state index contributed by atoms with van der Waals surface area (Å²) >= 11 is 0. The topological polar surface area (TPSA) is 88.8 Å². The van der Waals surface area contributed by atoms with Crippen molar-refractivity contribution in [2.75, 3.05) is 12.4 Å². The first-order valence-electron chi connectivity index (χ1n) is 7.05. The lowest BCUT2D eigenvalue weighted by Crippen LogP contribution is -2.27. The molecule has 0 aliphatic heterocycles. The van der Waals surface area contributed by atoms with Crippen LogP contribution in [0.3, 0.4) is 0 Å². The van der Waals surface area contributed by atoms with Crippen molar-refractivity contribution in [1.29, 1.82) is 0 Å². The van der Waals surface area contributed by atoms with Crippen LogP contribution in [0.1, 0.15) is 31.3 Å². The molecule has 1 amide bonds. The van der Waals surface area contributed by atoms with Gasteiger partial charge in [0.2, 0.25) is 11.7 Å². The summed E-state index contributed by atoms with van der Waals surface area (Å²) in [5.41, 5.74) is 0.502. The number of benzene rings is 1. The highest BCUT2D eigenvalue weighted by Gasteiger charge is 2.23. The number of aromatic carboxylic acids is 1. The number of carbonyl (C=O) groups is 2. The van der Waals surface area contributed by atoms with E-state index in [1.807, 2.05) is 0 Å². The van der Waals surface area contributed by atoms with Gasteiger partial charge in [-0.1, -0.05) is 20.8 Å². The van der Waals surface area contributed by atoms with E-state index in [-0.39, 0.29) is 11.7 Å². The van der Waals surface area contributed by atoms with E-state index in [9.17, 15) is 9.59 Å². The Morgan fingerprint density at radius 3 is 2.39 bits per heavy atom. The normalized spacial score (nSPS) is 11.1. The molecule has 0 saturated heterocycles. The molecule has 0 spiro atoms. The molecule has 6 heteroatoms. The molecule has 2 aromatic rings. The van der Waals surface area contributed by atoms with Gasteiger partial charge in [0.05, 0.1) is 12.8 Å². The number of rotatable bonds is 4. The van der Waals surface area contributed by atoms with Gasteiger partial charge < -0.3 is 19.6 Å². The van der Waals surface area contributed by atoms with Gasteiger partial charge >= 0.3 is 5.97 Å². The van der Waals surface area contributed by atoms with Crippen LogP contribution in [0.4, 0.5) is 5.69 Å². The summed E-state index contributed by atoms with van der Waals surface area (Å²) in [7, 11) is 1.53. The number of hydrogen-bond donors (Lipinski definition) is 2. The Kier molecular flexibility index (Phi) is 4.45. The summed E-state index contributed by atoms with van der Waals surface area (Å²) < 4.78 is 10.5. The molecule has 1 aromatic carbocycles. The van der Waals surface area contributed by atoms with Crippen molar-refractivity contribution in [2.24, 2.45) is 5.41 Å². The van der Waals surface area contributed by atoms with E-state index in [1.54, 1.807) is 45.0 Å². The maximum Gasteiger partial charge on any atom is 0.371 e. The second-order valence-electron chi connectivity index (χ2n) is 6.08. The van der Waals surface area contributed by atoms with Crippen LogP contribution in [0.25, 0.3) is 11.3 Å². The molecule has 1 heterocycles. The summed E-state index contributed by atoms with van der Waals surface area (Å²) in [4.78, 5) is 23.2. The predicted octanol–water partition coefficient (Wildman–Crippen LogP) is 3.64. The van der Waals surface area contributed by atoms with Gasteiger partial charge in [-0.05, 0) is 24.3 Å². The number of ether oxygens (including phenoxy) is 1. The molecular weight excluding hydrogens is 298 g/mol.